The van der Waals surface area contributed by atoms with Gasteiger partial charge in [-0.25, -0.2) is 10.2 Å². The molecule has 0 aliphatic rings. The number of amides is 3. The predicted molar refractivity (Wildman–Crippen MR) is 78.1 cm³/mol. The molecule has 0 radical (unpaired) electrons. The van der Waals surface area contributed by atoms with Crippen LogP contribution in [-0.2, 0) is 0 Å². The van der Waals surface area contributed by atoms with Gasteiger partial charge in [-0.15, -0.1) is 11.3 Å². The molecule has 1 aromatic heterocycles. The highest BCUT2D eigenvalue weighted by Gasteiger charge is 2.12. The molecular weight excluding hydrogens is 330 g/mol. The second-order valence-electron chi connectivity index (χ2n) is 3.50. The Morgan fingerprint density at radius 2 is 1.79 bits per heavy atom. The lowest BCUT2D eigenvalue weighted by atomic mass is 10.3. The molecule has 0 bridgehead atoms. The molecule has 0 saturated heterocycles. The number of benzene rings is 1. The molecule has 0 unspecified atom stereocenters. The summed E-state index contributed by atoms with van der Waals surface area (Å²) in [5.41, 5.74) is 5.25. The van der Waals surface area contributed by atoms with Crippen LogP contribution in [0.15, 0.2) is 46.3 Å². The number of urea groups is 1. The van der Waals surface area contributed by atoms with Crippen molar-refractivity contribution < 1.29 is 9.59 Å². The Kier molecular flexibility index (Phi) is 4.53. The maximum absolute atomic E-state index is 11.7. The average Bonchev–Trinajstić information content (AvgIpc) is 2.83. The Labute approximate surface area is 122 Å². The Morgan fingerprint density at radius 3 is 2.42 bits per heavy atom. The number of carbonyl (C=O) groups excluding carboxylic acids is 2. The van der Waals surface area contributed by atoms with E-state index < -0.39 is 6.03 Å². The molecular formula is C12H10BrN3O2S. The van der Waals surface area contributed by atoms with Crippen LogP contribution < -0.4 is 16.2 Å². The van der Waals surface area contributed by atoms with Gasteiger partial charge in [0.05, 0.1) is 0 Å². The number of nitrogens with one attached hydrogen (secondary N) is 3. The van der Waals surface area contributed by atoms with Crippen LogP contribution in [-0.4, -0.2) is 11.9 Å². The molecule has 1 aromatic carbocycles. The Balaban J connectivity index is 1.84. The van der Waals surface area contributed by atoms with E-state index in [1.54, 1.807) is 35.7 Å². The topological polar surface area (TPSA) is 70.2 Å². The van der Waals surface area contributed by atoms with Gasteiger partial charge in [0.2, 0.25) is 0 Å². The maximum atomic E-state index is 11.7. The molecule has 0 fully saturated rings. The molecule has 2 rings (SSSR count). The molecule has 0 spiro atoms. The predicted octanol–water partition coefficient (Wildman–Crippen LogP) is 2.98. The van der Waals surface area contributed by atoms with Crippen LogP contribution in [0.5, 0.6) is 0 Å². The average molecular weight is 340 g/mol. The summed E-state index contributed by atoms with van der Waals surface area (Å²) in [6, 6.07) is 10.2. The SMILES string of the molecule is O=C(NNC(=O)c1sccc1Br)Nc1ccccc1. The van der Waals surface area contributed by atoms with Crippen molar-refractivity contribution in [2.24, 2.45) is 0 Å². The largest absolute Gasteiger partial charge is 0.337 e. The third kappa shape index (κ3) is 3.80. The highest BCUT2D eigenvalue weighted by atomic mass is 79.9. The minimum absolute atomic E-state index is 0.370. The molecule has 7 heteroatoms. The van der Waals surface area contributed by atoms with E-state index in [9.17, 15) is 9.59 Å². The van der Waals surface area contributed by atoms with Gasteiger partial charge in [0.15, 0.2) is 0 Å². The van der Waals surface area contributed by atoms with E-state index in [2.05, 4.69) is 32.1 Å². The van der Waals surface area contributed by atoms with Gasteiger partial charge in [-0.1, -0.05) is 18.2 Å². The minimum Gasteiger partial charge on any atom is -0.307 e. The highest BCUT2D eigenvalue weighted by molar-refractivity contribution is 9.10. The molecule has 1 heterocycles. The van der Waals surface area contributed by atoms with E-state index in [0.717, 1.165) is 0 Å². The monoisotopic (exact) mass is 339 g/mol. The summed E-state index contributed by atoms with van der Waals surface area (Å²) in [6.45, 7) is 0. The molecule has 3 amide bonds. The Hall–Kier alpha value is -1.86. The summed E-state index contributed by atoms with van der Waals surface area (Å²) in [6.07, 6.45) is 0. The summed E-state index contributed by atoms with van der Waals surface area (Å²) in [7, 11) is 0. The first-order valence-corrected chi connectivity index (χ1v) is 6.99. The van der Waals surface area contributed by atoms with Crippen LogP contribution in [0.25, 0.3) is 0 Å². The number of rotatable bonds is 2. The smallest absolute Gasteiger partial charge is 0.307 e. The zero-order chi connectivity index (χ0) is 13.7. The van der Waals surface area contributed by atoms with Crippen LogP contribution in [0.4, 0.5) is 10.5 Å². The van der Waals surface area contributed by atoms with E-state index in [1.165, 1.54) is 11.3 Å². The molecule has 5 nitrogen and oxygen atoms in total. The van der Waals surface area contributed by atoms with Gasteiger partial charge < -0.3 is 5.32 Å². The van der Waals surface area contributed by atoms with Crippen LogP contribution in [0.1, 0.15) is 9.67 Å². The van der Waals surface area contributed by atoms with Crippen molar-refractivity contribution in [1.82, 2.24) is 10.9 Å². The third-order valence-electron chi connectivity index (χ3n) is 2.14. The number of halogens is 1. The first-order valence-electron chi connectivity index (χ1n) is 5.32. The number of thiophene rings is 1. The van der Waals surface area contributed by atoms with E-state index in [-0.39, 0.29) is 5.91 Å². The van der Waals surface area contributed by atoms with Crippen molar-refractivity contribution in [2.45, 2.75) is 0 Å². The highest BCUT2D eigenvalue weighted by Crippen LogP contribution is 2.21. The summed E-state index contributed by atoms with van der Waals surface area (Å²) >= 11 is 4.53. The van der Waals surface area contributed by atoms with Gasteiger partial charge in [0.1, 0.15) is 4.88 Å². The summed E-state index contributed by atoms with van der Waals surface area (Å²) < 4.78 is 0.695. The summed E-state index contributed by atoms with van der Waals surface area (Å²) in [5.74, 6) is -0.370. The fourth-order valence-electron chi connectivity index (χ4n) is 1.31. The standard InChI is InChI=1S/C12H10BrN3O2S/c13-9-6-7-19-10(9)11(17)15-16-12(18)14-8-4-2-1-3-5-8/h1-7H,(H,15,17)(H2,14,16,18). The van der Waals surface area contributed by atoms with Gasteiger partial charge in [0, 0.05) is 10.2 Å². The fourth-order valence-corrected chi connectivity index (χ4v) is 2.76. The van der Waals surface area contributed by atoms with E-state index >= 15 is 0 Å². The van der Waals surface area contributed by atoms with Crippen LogP contribution in [0.2, 0.25) is 0 Å². The molecule has 3 N–H and O–H groups in total. The molecule has 2 aromatic rings. The van der Waals surface area contributed by atoms with Crippen molar-refractivity contribution in [2.75, 3.05) is 5.32 Å². The molecule has 0 atom stereocenters. The van der Waals surface area contributed by atoms with E-state index in [0.29, 0.717) is 15.0 Å². The number of hydrogen-bond donors (Lipinski definition) is 3. The van der Waals surface area contributed by atoms with Crippen LogP contribution in [0.3, 0.4) is 0 Å². The number of para-hydroxylation sites is 1. The van der Waals surface area contributed by atoms with E-state index in [1.807, 2.05) is 6.07 Å². The van der Waals surface area contributed by atoms with E-state index in [4.69, 9.17) is 0 Å². The quantitative estimate of drug-likeness (QED) is 0.736. The van der Waals surface area contributed by atoms with Gasteiger partial charge in [-0.2, -0.15) is 0 Å². The molecule has 98 valence electrons. The van der Waals surface area contributed by atoms with Crippen molar-refractivity contribution in [3.8, 4) is 0 Å². The Morgan fingerprint density at radius 1 is 1.05 bits per heavy atom. The van der Waals surface area contributed by atoms with Crippen molar-refractivity contribution >= 4 is 44.9 Å². The maximum Gasteiger partial charge on any atom is 0.337 e. The van der Waals surface area contributed by atoms with Gasteiger partial charge in [0.25, 0.3) is 5.91 Å². The van der Waals surface area contributed by atoms with Crippen molar-refractivity contribution in [3.63, 3.8) is 0 Å². The van der Waals surface area contributed by atoms with Gasteiger partial charge in [-0.05, 0) is 39.5 Å². The van der Waals surface area contributed by atoms with Crippen molar-refractivity contribution in [1.29, 1.82) is 0 Å². The molecule has 0 aliphatic carbocycles. The zero-order valence-electron chi connectivity index (χ0n) is 9.64. The van der Waals surface area contributed by atoms with Crippen molar-refractivity contribution in [3.05, 3.63) is 51.1 Å². The zero-order valence-corrected chi connectivity index (χ0v) is 12.0. The molecule has 0 saturated carbocycles. The lowest BCUT2D eigenvalue weighted by molar-refractivity contribution is 0.0941. The third-order valence-corrected chi connectivity index (χ3v) is 3.98. The summed E-state index contributed by atoms with van der Waals surface area (Å²) in [4.78, 5) is 23.7. The number of anilines is 1. The van der Waals surface area contributed by atoms with Gasteiger partial charge in [-0.3, -0.25) is 10.2 Å². The number of carbonyl (C=O) groups is 2. The second kappa shape index (κ2) is 6.35. The van der Waals surface area contributed by atoms with Gasteiger partial charge >= 0.3 is 6.03 Å². The molecule has 19 heavy (non-hydrogen) atoms. The number of hydrogen-bond acceptors (Lipinski definition) is 3. The first-order chi connectivity index (χ1) is 9.16. The number of hydrazine groups is 1. The van der Waals surface area contributed by atoms with Crippen LogP contribution in [0, 0.1) is 0 Å². The first kappa shape index (κ1) is 13.6. The lowest BCUT2D eigenvalue weighted by Crippen LogP contribution is -2.43. The van der Waals surface area contributed by atoms with Crippen LogP contribution >= 0.6 is 27.3 Å². The fraction of sp³-hybridized carbons (Fsp3) is 0. The second-order valence-corrected chi connectivity index (χ2v) is 5.27. The normalized spacial score (nSPS) is 9.74. The molecule has 0 aliphatic heterocycles. The lowest BCUT2D eigenvalue weighted by Gasteiger charge is -2.08. The Bertz CT molecular complexity index is 586. The summed E-state index contributed by atoms with van der Waals surface area (Å²) in [5, 5.41) is 4.36. The minimum atomic E-state index is -0.507.